The number of nitrogens with zero attached hydrogens (tertiary/aromatic N) is 1. The molecule has 22 heavy (non-hydrogen) atoms. The number of thiazole rings is 1. The molecule has 0 bridgehead atoms. The van der Waals surface area contributed by atoms with Crippen LogP contribution in [0.2, 0.25) is 5.02 Å². The third-order valence-electron chi connectivity index (χ3n) is 2.89. The lowest BCUT2D eigenvalue weighted by molar-refractivity contribution is -0.137. The summed E-state index contributed by atoms with van der Waals surface area (Å²) in [6, 6.07) is 2.81. The number of halogens is 4. The summed E-state index contributed by atoms with van der Waals surface area (Å²) in [5.41, 5.74) is -0.176. The van der Waals surface area contributed by atoms with Crippen LogP contribution in [0, 0.1) is 13.8 Å². The van der Waals surface area contributed by atoms with Crippen LogP contribution in [0.3, 0.4) is 0 Å². The molecule has 0 aliphatic carbocycles. The maximum Gasteiger partial charge on any atom is 0.416 e. The SMILES string of the molecule is Cc1nc(C)c(CC(=O)Nc2cc(C(F)(F)F)ccc2Cl)s1. The molecule has 0 fully saturated rings. The van der Waals surface area contributed by atoms with Crippen LogP contribution in [-0.2, 0) is 17.4 Å². The van der Waals surface area contributed by atoms with Gasteiger partial charge in [-0.1, -0.05) is 11.6 Å². The number of aryl methyl sites for hydroxylation is 2. The average molecular weight is 349 g/mol. The van der Waals surface area contributed by atoms with Crippen molar-refractivity contribution in [3.8, 4) is 0 Å². The molecule has 1 aromatic carbocycles. The van der Waals surface area contributed by atoms with Crippen molar-refractivity contribution < 1.29 is 18.0 Å². The molecule has 8 heteroatoms. The fourth-order valence-corrected chi connectivity index (χ4v) is 2.98. The van der Waals surface area contributed by atoms with Gasteiger partial charge in [0.1, 0.15) is 0 Å². The Morgan fingerprint density at radius 1 is 1.36 bits per heavy atom. The van der Waals surface area contributed by atoms with E-state index < -0.39 is 17.6 Å². The highest BCUT2D eigenvalue weighted by Crippen LogP contribution is 2.33. The average Bonchev–Trinajstić information content (AvgIpc) is 2.69. The Bertz CT molecular complexity index is 713. The monoisotopic (exact) mass is 348 g/mol. The Labute approximate surface area is 134 Å². The van der Waals surface area contributed by atoms with Crippen molar-refractivity contribution in [3.63, 3.8) is 0 Å². The highest BCUT2D eigenvalue weighted by molar-refractivity contribution is 7.11. The van der Waals surface area contributed by atoms with Crippen molar-refractivity contribution in [1.82, 2.24) is 4.98 Å². The van der Waals surface area contributed by atoms with E-state index >= 15 is 0 Å². The summed E-state index contributed by atoms with van der Waals surface area (Å²) in [7, 11) is 0. The predicted octanol–water partition coefficient (Wildman–Crippen LogP) is 4.61. The standard InChI is InChI=1S/C14H12ClF3N2OS/c1-7-12(22-8(2)19-7)6-13(21)20-11-5-9(14(16,17)18)3-4-10(11)15/h3-5H,6H2,1-2H3,(H,20,21). The van der Waals surface area contributed by atoms with Gasteiger partial charge in [-0.05, 0) is 32.0 Å². The Morgan fingerprint density at radius 2 is 2.05 bits per heavy atom. The van der Waals surface area contributed by atoms with Gasteiger partial charge < -0.3 is 5.32 Å². The lowest BCUT2D eigenvalue weighted by Crippen LogP contribution is -2.15. The predicted molar refractivity (Wildman–Crippen MR) is 80.4 cm³/mol. The van der Waals surface area contributed by atoms with E-state index in [0.29, 0.717) is 0 Å². The highest BCUT2D eigenvalue weighted by atomic mass is 35.5. The molecule has 2 rings (SSSR count). The number of hydrogen-bond donors (Lipinski definition) is 1. The Kier molecular flexibility index (Phi) is 4.77. The molecule has 1 amide bonds. The lowest BCUT2D eigenvalue weighted by atomic mass is 10.2. The van der Waals surface area contributed by atoms with E-state index in [1.54, 1.807) is 6.92 Å². The van der Waals surface area contributed by atoms with Crippen LogP contribution in [0.15, 0.2) is 18.2 Å². The van der Waals surface area contributed by atoms with Crippen LogP contribution in [0.4, 0.5) is 18.9 Å². The second-order valence-electron chi connectivity index (χ2n) is 4.66. The zero-order valence-electron chi connectivity index (χ0n) is 11.7. The zero-order chi connectivity index (χ0) is 16.5. The van der Waals surface area contributed by atoms with Gasteiger partial charge in [0.2, 0.25) is 5.91 Å². The minimum absolute atomic E-state index is 0.0455. The van der Waals surface area contributed by atoms with Gasteiger partial charge in [-0.2, -0.15) is 13.2 Å². The number of benzene rings is 1. The number of hydrogen-bond acceptors (Lipinski definition) is 3. The number of anilines is 1. The van der Waals surface area contributed by atoms with Gasteiger partial charge in [0, 0.05) is 4.88 Å². The van der Waals surface area contributed by atoms with E-state index in [-0.39, 0.29) is 17.1 Å². The fraction of sp³-hybridized carbons (Fsp3) is 0.286. The number of amides is 1. The zero-order valence-corrected chi connectivity index (χ0v) is 13.3. The minimum Gasteiger partial charge on any atom is -0.324 e. The molecule has 118 valence electrons. The van der Waals surface area contributed by atoms with Gasteiger partial charge in [-0.3, -0.25) is 4.79 Å². The smallest absolute Gasteiger partial charge is 0.324 e. The van der Waals surface area contributed by atoms with Crippen LogP contribution < -0.4 is 5.32 Å². The normalized spacial score (nSPS) is 11.5. The van der Waals surface area contributed by atoms with Gasteiger partial charge in [-0.15, -0.1) is 11.3 Å². The molecule has 1 N–H and O–H groups in total. The first-order chi connectivity index (χ1) is 10.2. The van der Waals surface area contributed by atoms with E-state index in [0.717, 1.165) is 33.8 Å². The molecule has 0 radical (unpaired) electrons. The van der Waals surface area contributed by atoms with Gasteiger partial charge in [0.05, 0.1) is 33.4 Å². The Hall–Kier alpha value is -1.60. The van der Waals surface area contributed by atoms with Gasteiger partial charge >= 0.3 is 6.18 Å². The number of nitrogens with one attached hydrogen (secondary N) is 1. The van der Waals surface area contributed by atoms with E-state index in [2.05, 4.69) is 10.3 Å². The quantitative estimate of drug-likeness (QED) is 0.879. The largest absolute Gasteiger partial charge is 0.416 e. The topological polar surface area (TPSA) is 42.0 Å². The maximum absolute atomic E-state index is 12.7. The molecule has 1 aromatic heterocycles. The number of carbonyl (C=O) groups excluding carboxylic acids is 1. The first-order valence-electron chi connectivity index (χ1n) is 6.26. The molecule has 0 spiro atoms. The minimum atomic E-state index is -4.49. The third kappa shape index (κ3) is 3.98. The van der Waals surface area contributed by atoms with E-state index in [1.807, 2.05) is 6.92 Å². The molecule has 0 atom stereocenters. The van der Waals surface area contributed by atoms with E-state index in [4.69, 9.17) is 11.6 Å². The van der Waals surface area contributed by atoms with Crippen LogP contribution in [0.1, 0.15) is 21.1 Å². The van der Waals surface area contributed by atoms with Crippen molar-refractivity contribution in [3.05, 3.63) is 44.4 Å². The van der Waals surface area contributed by atoms with Gasteiger partial charge in [-0.25, -0.2) is 4.98 Å². The fourth-order valence-electron chi connectivity index (χ4n) is 1.88. The lowest BCUT2D eigenvalue weighted by Gasteiger charge is -2.11. The number of alkyl halides is 3. The van der Waals surface area contributed by atoms with E-state index in [9.17, 15) is 18.0 Å². The Balaban J connectivity index is 2.16. The summed E-state index contributed by atoms with van der Waals surface area (Å²) in [4.78, 5) is 17.0. The maximum atomic E-state index is 12.7. The van der Waals surface area contributed by atoms with Crippen LogP contribution in [0.25, 0.3) is 0 Å². The third-order valence-corrected chi connectivity index (χ3v) is 4.29. The summed E-state index contributed by atoms with van der Waals surface area (Å²) in [6.45, 7) is 3.60. The van der Waals surface area contributed by atoms with Crippen molar-refractivity contribution >= 4 is 34.5 Å². The molecular formula is C14H12ClF3N2OS. The molecular weight excluding hydrogens is 337 g/mol. The van der Waals surface area contributed by atoms with Crippen molar-refractivity contribution in [1.29, 1.82) is 0 Å². The van der Waals surface area contributed by atoms with Gasteiger partial charge in [0.25, 0.3) is 0 Å². The molecule has 0 aliphatic rings. The summed E-state index contributed by atoms with van der Waals surface area (Å²) in [5, 5.41) is 3.30. The van der Waals surface area contributed by atoms with Crippen LogP contribution in [0.5, 0.6) is 0 Å². The second-order valence-corrected chi connectivity index (χ2v) is 6.35. The molecule has 0 unspecified atom stereocenters. The van der Waals surface area contributed by atoms with E-state index in [1.165, 1.54) is 11.3 Å². The second kappa shape index (κ2) is 6.26. The van der Waals surface area contributed by atoms with Crippen molar-refractivity contribution in [2.75, 3.05) is 5.32 Å². The summed E-state index contributed by atoms with van der Waals surface area (Å²) in [5.74, 6) is -0.437. The molecule has 3 nitrogen and oxygen atoms in total. The molecule has 0 saturated heterocycles. The number of rotatable bonds is 3. The van der Waals surface area contributed by atoms with Crippen molar-refractivity contribution in [2.45, 2.75) is 26.4 Å². The molecule has 0 aliphatic heterocycles. The van der Waals surface area contributed by atoms with Crippen LogP contribution in [-0.4, -0.2) is 10.9 Å². The summed E-state index contributed by atoms with van der Waals surface area (Å²) >= 11 is 7.22. The summed E-state index contributed by atoms with van der Waals surface area (Å²) < 4.78 is 38.0. The summed E-state index contributed by atoms with van der Waals surface area (Å²) in [6.07, 6.45) is -4.45. The Morgan fingerprint density at radius 3 is 2.59 bits per heavy atom. The first-order valence-corrected chi connectivity index (χ1v) is 7.46. The first kappa shape index (κ1) is 16.8. The van der Waals surface area contributed by atoms with Crippen LogP contribution >= 0.6 is 22.9 Å². The molecule has 0 saturated carbocycles. The number of carbonyl (C=O) groups is 1. The highest BCUT2D eigenvalue weighted by Gasteiger charge is 2.31. The molecule has 1 heterocycles. The van der Waals surface area contributed by atoms with Crippen molar-refractivity contribution in [2.24, 2.45) is 0 Å². The number of aromatic nitrogens is 1. The molecule has 2 aromatic rings. The van der Waals surface area contributed by atoms with Gasteiger partial charge in [0.15, 0.2) is 0 Å².